The van der Waals surface area contributed by atoms with Gasteiger partial charge in [-0.15, -0.1) is 0 Å². The monoisotopic (exact) mass is 400 g/mol. The van der Waals surface area contributed by atoms with E-state index in [1.807, 2.05) is 18.2 Å². The molecule has 0 atom stereocenters. The molecule has 0 spiro atoms. The topological polar surface area (TPSA) is 56.8 Å². The number of benzene rings is 2. The largest absolute Gasteiger partial charge is 0.495 e. The molecule has 2 amide bonds. The van der Waals surface area contributed by atoms with Crippen molar-refractivity contribution >= 4 is 11.7 Å². The molecule has 0 unspecified atom stereocenters. The molecule has 6 nitrogen and oxygen atoms in total. The van der Waals surface area contributed by atoms with E-state index >= 15 is 0 Å². The van der Waals surface area contributed by atoms with Crippen molar-refractivity contribution in [3.8, 4) is 5.75 Å². The molecular weight excluding hydrogens is 371 g/mol. The quantitative estimate of drug-likeness (QED) is 0.669. The van der Waals surface area contributed by atoms with Crippen molar-refractivity contribution in [2.45, 2.75) is 13.0 Å². The highest BCUT2D eigenvalue weighted by Gasteiger charge is 2.19. The van der Waals surface area contributed by atoms with Gasteiger partial charge in [0.05, 0.1) is 12.8 Å². The number of hydrogen-bond acceptors (Lipinski definition) is 4. The van der Waals surface area contributed by atoms with Crippen LogP contribution in [0.5, 0.6) is 5.75 Å². The molecule has 156 valence electrons. The Morgan fingerprint density at radius 3 is 2.48 bits per heavy atom. The summed E-state index contributed by atoms with van der Waals surface area (Å²) in [4.78, 5) is 16.6. The summed E-state index contributed by atoms with van der Waals surface area (Å²) in [6.07, 6.45) is 0.901. The molecule has 1 fully saturated rings. The minimum Gasteiger partial charge on any atom is -0.495 e. The Morgan fingerprint density at radius 1 is 1.03 bits per heavy atom. The van der Waals surface area contributed by atoms with Gasteiger partial charge in [-0.05, 0) is 42.8 Å². The average Bonchev–Trinajstić information content (AvgIpc) is 2.77. The molecule has 0 aromatic heterocycles. The van der Waals surface area contributed by atoms with Gasteiger partial charge in [0.25, 0.3) is 0 Å². The number of anilines is 1. The molecule has 2 N–H and O–H groups in total. The molecule has 1 aliphatic heterocycles. The lowest BCUT2D eigenvalue weighted by molar-refractivity contribution is 0.235. The number of carbonyl (C=O) groups excluding carboxylic acids is 1. The molecule has 1 aliphatic rings. The van der Waals surface area contributed by atoms with E-state index in [-0.39, 0.29) is 11.8 Å². The highest BCUT2D eigenvalue weighted by molar-refractivity contribution is 5.73. The number of nitrogens with zero attached hydrogens (tertiary/aromatic N) is 2. The highest BCUT2D eigenvalue weighted by Crippen LogP contribution is 2.28. The number of halogens is 1. The standard InChI is InChI=1S/C22H29FN4O2/c1-29-21-6-3-2-5-20(21)27-15-13-26(14-16-27)12-4-11-24-22(28)25-17-18-7-9-19(23)10-8-18/h2-3,5-10H,4,11-17H2,1H3,(H2,24,25,28). The fourth-order valence-electron chi connectivity index (χ4n) is 3.46. The Kier molecular flexibility index (Phi) is 7.69. The van der Waals surface area contributed by atoms with Crippen LogP contribution in [-0.4, -0.2) is 57.3 Å². The molecule has 29 heavy (non-hydrogen) atoms. The third kappa shape index (κ3) is 6.35. The van der Waals surface area contributed by atoms with Gasteiger partial charge in [-0.25, -0.2) is 9.18 Å². The Morgan fingerprint density at radius 2 is 1.76 bits per heavy atom. The smallest absolute Gasteiger partial charge is 0.315 e. The SMILES string of the molecule is COc1ccccc1N1CCN(CCCNC(=O)NCc2ccc(F)cc2)CC1. The first-order valence-corrected chi connectivity index (χ1v) is 10.0. The molecule has 2 aromatic rings. The number of amides is 2. The van der Waals surface area contributed by atoms with Gasteiger partial charge in [0.15, 0.2) is 0 Å². The van der Waals surface area contributed by atoms with Gasteiger partial charge in [0.2, 0.25) is 0 Å². The number of piperazine rings is 1. The molecule has 0 radical (unpaired) electrons. The summed E-state index contributed by atoms with van der Waals surface area (Å²) in [7, 11) is 1.71. The second-order valence-electron chi connectivity index (χ2n) is 7.09. The second kappa shape index (κ2) is 10.7. The van der Waals surface area contributed by atoms with Crippen molar-refractivity contribution in [2.24, 2.45) is 0 Å². The van der Waals surface area contributed by atoms with Crippen molar-refractivity contribution in [1.29, 1.82) is 0 Å². The van der Waals surface area contributed by atoms with E-state index in [9.17, 15) is 9.18 Å². The summed E-state index contributed by atoms with van der Waals surface area (Å²) < 4.78 is 18.3. The summed E-state index contributed by atoms with van der Waals surface area (Å²) in [5.41, 5.74) is 2.02. The van der Waals surface area contributed by atoms with E-state index in [1.165, 1.54) is 12.1 Å². The highest BCUT2D eigenvalue weighted by atomic mass is 19.1. The molecule has 7 heteroatoms. The van der Waals surface area contributed by atoms with Crippen molar-refractivity contribution in [3.63, 3.8) is 0 Å². The summed E-state index contributed by atoms with van der Waals surface area (Å²) in [5.74, 6) is 0.638. The lowest BCUT2D eigenvalue weighted by Gasteiger charge is -2.36. The Bertz CT molecular complexity index is 777. The number of nitrogens with one attached hydrogen (secondary N) is 2. The fraction of sp³-hybridized carbons (Fsp3) is 0.409. The lowest BCUT2D eigenvalue weighted by Crippen LogP contribution is -2.47. The molecule has 0 aliphatic carbocycles. The Balaban J connectivity index is 1.29. The number of carbonyl (C=O) groups is 1. The first-order chi connectivity index (χ1) is 14.2. The first-order valence-electron chi connectivity index (χ1n) is 10.0. The molecule has 0 bridgehead atoms. The maximum Gasteiger partial charge on any atom is 0.315 e. The van der Waals surface area contributed by atoms with Gasteiger partial charge in [-0.2, -0.15) is 0 Å². The fourth-order valence-corrected chi connectivity index (χ4v) is 3.46. The number of urea groups is 1. The molecule has 0 saturated carbocycles. The van der Waals surface area contributed by atoms with Crippen LogP contribution in [0.15, 0.2) is 48.5 Å². The third-order valence-electron chi connectivity index (χ3n) is 5.10. The van der Waals surface area contributed by atoms with Crippen LogP contribution in [0.1, 0.15) is 12.0 Å². The normalized spacial score (nSPS) is 14.5. The van der Waals surface area contributed by atoms with Crippen molar-refractivity contribution in [3.05, 3.63) is 59.9 Å². The van der Waals surface area contributed by atoms with Gasteiger partial charge in [-0.1, -0.05) is 24.3 Å². The van der Waals surface area contributed by atoms with Gasteiger partial charge in [0, 0.05) is 39.3 Å². The maximum atomic E-state index is 12.9. The van der Waals surface area contributed by atoms with E-state index < -0.39 is 0 Å². The van der Waals surface area contributed by atoms with Crippen LogP contribution in [0.25, 0.3) is 0 Å². The van der Waals surface area contributed by atoms with E-state index in [0.717, 1.165) is 56.1 Å². The number of ether oxygens (including phenoxy) is 1. The third-order valence-corrected chi connectivity index (χ3v) is 5.10. The first kappa shape index (κ1) is 20.9. The predicted octanol–water partition coefficient (Wildman–Crippen LogP) is 2.85. The summed E-state index contributed by atoms with van der Waals surface area (Å²) in [5, 5.41) is 5.66. The average molecular weight is 400 g/mol. The van der Waals surface area contributed by atoms with E-state index in [2.05, 4.69) is 26.5 Å². The molecular formula is C22H29FN4O2. The van der Waals surface area contributed by atoms with Crippen molar-refractivity contribution in [2.75, 3.05) is 51.3 Å². The van der Waals surface area contributed by atoms with E-state index in [4.69, 9.17) is 4.74 Å². The predicted molar refractivity (Wildman–Crippen MR) is 113 cm³/mol. The zero-order valence-corrected chi connectivity index (χ0v) is 16.9. The number of hydrogen-bond donors (Lipinski definition) is 2. The van der Waals surface area contributed by atoms with Crippen LogP contribution >= 0.6 is 0 Å². The summed E-state index contributed by atoms with van der Waals surface area (Å²) >= 11 is 0. The zero-order chi connectivity index (χ0) is 20.5. The van der Waals surface area contributed by atoms with Gasteiger partial charge < -0.3 is 20.3 Å². The van der Waals surface area contributed by atoms with Crippen LogP contribution in [-0.2, 0) is 6.54 Å². The minimum atomic E-state index is -0.276. The van der Waals surface area contributed by atoms with E-state index in [0.29, 0.717) is 13.1 Å². The van der Waals surface area contributed by atoms with Gasteiger partial charge >= 0.3 is 6.03 Å². The zero-order valence-electron chi connectivity index (χ0n) is 16.9. The summed E-state index contributed by atoms with van der Waals surface area (Å²) in [6.45, 7) is 5.89. The molecule has 2 aromatic carbocycles. The van der Waals surface area contributed by atoms with Crippen molar-refractivity contribution in [1.82, 2.24) is 15.5 Å². The minimum absolute atomic E-state index is 0.199. The number of rotatable bonds is 8. The van der Waals surface area contributed by atoms with Crippen LogP contribution in [0.2, 0.25) is 0 Å². The van der Waals surface area contributed by atoms with Crippen LogP contribution in [0.3, 0.4) is 0 Å². The van der Waals surface area contributed by atoms with Gasteiger partial charge in [0.1, 0.15) is 11.6 Å². The Hall–Kier alpha value is -2.80. The number of para-hydroxylation sites is 2. The maximum absolute atomic E-state index is 12.9. The number of methoxy groups -OCH3 is 1. The van der Waals surface area contributed by atoms with Crippen LogP contribution in [0, 0.1) is 5.82 Å². The lowest BCUT2D eigenvalue weighted by atomic mass is 10.2. The molecule has 1 heterocycles. The Labute approximate surface area is 171 Å². The summed E-state index contributed by atoms with van der Waals surface area (Å²) in [6, 6.07) is 14.0. The molecule has 3 rings (SSSR count). The molecule has 1 saturated heterocycles. The van der Waals surface area contributed by atoms with E-state index in [1.54, 1.807) is 19.2 Å². The van der Waals surface area contributed by atoms with Crippen LogP contribution in [0.4, 0.5) is 14.9 Å². The second-order valence-corrected chi connectivity index (χ2v) is 7.09. The van der Waals surface area contributed by atoms with Crippen molar-refractivity contribution < 1.29 is 13.9 Å². The van der Waals surface area contributed by atoms with Crippen LogP contribution < -0.4 is 20.3 Å². The van der Waals surface area contributed by atoms with Gasteiger partial charge in [-0.3, -0.25) is 4.90 Å².